The van der Waals surface area contributed by atoms with Crippen molar-refractivity contribution in [2.45, 2.75) is 64.5 Å². The summed E-state index contributed by atoms with van der Waals surface area (Å²) in [5.74, 6) is 1.73. The van der Waals surface area contributed by atoms with Gasteiger partial charge in [-0.3, -0.25) is 0 Å². The van der Waals surface area contributed by atoms with Crippen LogP contribution in [0.5, 0.6) is 0 Å². The lowest BCUT2D eigenvalue weighted by Gasteiger charge is -2.64. The highest BCUT2D eigenvalue weighted by molar-refractivity contribution is 6.47. The van der Waals surface area contributed by atoms with Gasteiger partial charge in [-0.1, -0.05) is 39.0 Å². The van der Waals surface area contributed by atoms with Crippen LogP contribution in [-0.2, 0) is 15.7 Å². The van der Waals surface area contributed by atoms with Crippen LogP contribution in [0.15, 0.2) is 34.9 Å². The summed E-state index contributed by atoms with van der Waals surface area (Å²) < 4.78 is 18.7. The fourth-order valence-corrected chi connectivity index (χ4v) is 5.78. The van der Waals surface area contributed by atoms with Crippen molar-refractivity contribution in [1.82, 2.24) is 0 Å². The average Bonchev–Trinajstić information content (AvgIpc) is 3.15. The number of rotatable bonds is 3. The van der Waals surface area contributed by atoms with Gasteiger partial charge >= 0.3 is 7.12 Å². The van der Waals surface area contributed by atoms with Crippen molar-refractivity contribution in [3.8, 4) is 0 Å². The third-order valence-corrected chi connectivity index (χ3v) is 7.54. The van der Waals surface area contributed by atoms with Gasteiger partial charge in [0.1, 0.15) is 5.58 Å². The molecule has 2 aromatic rings. The summed E-state index contributed by atoms with van der Waals surface area (Å²) in [5, 5.41) is 1.21. The van der Waals surface area contributed by atoms with Crippen LogP contribution in [0, 0.1) is 17.3 Å². The van der Waals surface area contributed by atoms with Gasteiger partial charge in [0.25, 0.3) is 0 Å². The Kier molecular flexibility index (Phi) is 3.28. The fourth-order valence-electron chi connectivity index (χ4n) is 5.78. The molecule has 132 valence electrons. The highest BCUT2D eigenvalue weighted by Crippen LogP contribution is 2.66. The number of hydrogen-bond acceptors (Lipinski definition) is 3. The summed E-state index contributed by atoms with van der Waals surface area (Å²) in [6, 6.07) is 8.24. The van der Waals surface area contributed by atoms with Crippen molar-refractivity contribution in [2.24, 2.45) is 17.3 Å². The third-order valence-electron chi connectivity index (χ3n) is 7.54. The summed E-state index contributed by atoms with van der Waals surface area (Å²) in [4.78, 5) is 0. The van der Waals surface area contributed by atoms with Crippen molar-refractivity contribution in [3.05, 3.63) is 36.1 Å². The smallest absolute Gasteiger partial charge is 0.461 e. The monoisotopic (exact) mass is 338 g/mol. The van der Waals surface area contributed by atoms with Crippen molar-refractivity contribution < 1.29 is 13.7 Å². The number of fused-ring (bicyclic) bond motifs is 1. The number of para-hydroxylation sites is 1. The Hall–Kier alpha value is -1.26. The Balaban J connectivity index is 1.35. The maximum atomic E-state index is 6.61. The second-order valence-electron chi connectivity index (χ2n) is 9.28. The van der Waals surface area contributed by atoms with Crippen LogP contribution in [-0.4, -0.2) is 18.8 Å². The molecular weight excluding hydrogens is 311 g/mol. The molecule has 1 aromatic carbocycles. The summed E-state index contributed by atoms with van der Waals surface area (Å²) >= 11 is 0. The summed E-state index contributed by atoms with van der Waals surface area (Å²) in [6.45, 7) is 9.35. The minimum atomic E-state index is -0.115. The third kappa shape index (κ3) is 2.13. The molecule has 1 aromatic heterocycles. The van der Waals surface area contributed by atoms with E-state index in [9.17, 15) is 0 Å². The molecule has 25 heavy (non-hydrogen) atoms. The van der Waals surface area contributed by atoms with E-state index < -0.39 is 0 Å². The molecule has 2 bridgehead atoms. The van der Waals surface area contributed by atoms with E-state index in [1.165, 1.54) is 17.4 Å². The highest BCUT2D eigenvalue weighted by Gasteiger charge is 2.68. The Morgan fingerprint density at radius 3 is 2.80 bits per heavy atom. The molecule has 2 heterocycles. The molecule has 5 atom stereocenters. The summed E-state index contributed by atoms with van der Waals surface area (Å²) in [7, 11) is -0.112. The van der Waals surface area contributed by atoms with Crippen LogP contribution in [0.3, 0.4) is 0 Å². The first-order valence-corrected chi connectivity index (χ1v) is 9.68. The molecule has 0 radical (unpaired) electrons. The van der Waals surface area contributed by atoms with Gasteiger partial charge in [-0.15, -0.1) is 0 Å². The Morgan fingerprint density at radius 2 is 2.00 bits per heavy atom. The molecule has 0 unspecified atom stereocenters. The molecule has 4 aliphatic rings. The maximum absolute atomic E-state index is 6.61. The normalized spacial score (nSPS) is 37.0. The Bertz CT molecular complexity index is 812. The first-order valence-electron chi connectivity index (χ1n) is 9.68. The van der Waals surface area contributed by atoms with Crippen LogP contribution in [0.1, 0.15) is 46.1 Å². The molecular formula is C21H27BO3. The van der Waals surface area contributed by atoms with Crippen LogP contribution in [0.25, 0.3) is 11.0 Å². The van der Waals surface area contributed by atoms with Crippen molar-refractivity contribution in [3.63, 3.8) is 0 Å². The largest absolute Gasteiger partial charge is 0.464 e. The maximum Gasteiger partial charge on any atom is 0.461 e. The minimum Gasteiger partial charge on any atom is -0.464 e. The van der Waals surface area contributed by atoms with Gasteiger partial charge in [-0.25, -0.2) is 0 Å². The van der Waals surface area contributed by atoms with Gasteiger partial charge in [-0.05, 0) is 60.9 Å². The van der Waals surface area contributed by atoms with Crippen molar-refractivity contribution in [2.75, 3.05) is 0 Å². The first kappa shape index (κ1) is 16.0. The van der Waals surface area contributed by atoms with E-state index in [1.54, 1.807) is 0 Å². The van der Waals surface area contributed by atoms with Gasteiger partial charge in [-0.2, -0.15) is 0 Å². The summed E-state index contributed by atoms with van der Waals surface area (Å²) in [5.41, 5.74) is 2.49. The van der Waals surface area contributed by atoms with Gasteiger partial charge in [0.05, 0.1) is 18.0 Å². The lowest BCUT2D eigenvalue weighted by atomic mass is 9.43. The molecule has 0 amide bonds. The molecule has 0 spiro atoms. The molecule has 4 heteroatoms. The zero-order chi connectivity index (χ0) is 17.4. The van der Waals surface area contributed by atoms with Gasteiger partial charge in [0, 0.05) is 5.39 Å². The molecule has 1 saturated heterocycles. The zero-order valence-corrected chi connectivity index (χ0v) is 15.6. The highest BCUT2D eigenvalue weighted by atomic mass is 16.7. The van der Waals surface area contributed by atoms with Gasteiger partial charge < -0.3 is 13.7 Å². The number of benzene rings is 1. The minimum absolute atomic E-state index is 0.112. The number of hydrogen-bond donors (Lipinski definition) is 0. The van der Waals surface area contributed by atoms with E-state index in [0.29, 0.717) is 17.2 Å². The quantitative estimate of drug-likeness (QED) is 0.730. The van der Waals surface area contributed by atoms with E-state index >= 15 is 0 Å². The first-order chi connectivity index (χ1) is 11.9. The Labute approximate surface area is 150 Å². The predicted molar refractivity (Wildman–Crippen MR) is 99.5 cm³/mol. The van der Waals surface area contributed by atoms with E-state index in [-0.39, 0.29) is 18.8 Å². The summed E-state index contributed by atoms with van der Waals surface area (Å²) in [6.07, 6.45) is 5.53. The van der Waals surface area contributed by atoms with E-state index in [1.807, 2.05) is 18.4 Å². The molecule has 0 N–H and O–H groups in total. The van der Waals surface area contributed by atoms with Gasteiger partial charge in [0.15, 0.2) is 0 Å². The predicted octanol–water partition coefficient (Wildman–Crippen LogP) is 5.09. The molecule has 3 aliphatic carbocycles. The zero-order valence-electron chi connectivity index (χ0n) is 15.6. The van der Waals surface area contributed by atoms with Crippen molar-refractivity contribution in [1.29, 1.82) is 0 Å². The Morgan fingerprint density at radius 1 is 1.20 bits per heavy atom. The van der Waals surface area contributed by atoms with Crippen LogP contribution >= 0.6 is 0 Å². The van der Waals surface area contributed by atoms with E-state index in [4.69, 9.17) is 13.7 Å². The van der Waals surface area contributed by atoms with E-state index in [0.717, 1.165) is 24.3 Å². The van der Waals surface area contributed by atoms with Gasteiger partial charge in [0.2, 0.25) is 0 Å². The van der Waals surface area contributed by atoms with Crippen LogP contribution in [0.2, 0.25) is 5.82 Å². The molecule has 4 fully saturated rings. The number of furan rings is 1. The average molecular weight is 338 g/mol. The molecule has 6 rings (SSSR count). The SMILES string of the molecule is C[C@H](Cc1coc2ccccc12)B1O[C@@H]2C[C@@H]3C[C@@H](C3(C)C)[C@]2(C)O1. The second kappa shape index (κ2) is 5.14. The van der Waals surface area contributed by atoms with Crippen LogP contribution < -0.4 is 0 Å². The topological polar surface area (TPSA) is 31.6 Å². The molecule has 3 nitrogen and oxygen atoms in total. The molecule has 3 saturated carbocycles. The van der Waals surface area contributed by atoms with Crippen LogP contribution in [0.4, 0.5) is 0 Å². The lowest BCUT2D eigenvalue weighted by Crippen LogP contribution is -2.65. The molecule has 1 aliphatic heterocycles. The van der Waals surface area contributed by atoms with Crippen molar-refractivity contribution >= 4 is 18.1 Å². The fraction of sp³-hybridized carbons (Fsp3) is 0.619. The lowest BCUT2D eigenvalue weighted by molar-refractivity contribution is -0.199. The van der Waals surface area contributed by atoms with E-state index in [2.05, 4.69) is 39.8 Å². The standard InChI is InChI=1S/C21H27BO3/c1-13(9-14-12-23-17-8-6-5-7-16(14)17)22-24-19-11-15-10-18(20(15,2)3)21(19,4)25-22/h5-8,12-13,15,18-19H,9-11H2,1-4H3/t13-,15+,18+,19-,21+/m1/s1. The second-order valence-corrected chi connectivity index (χ2v) is 9.28.